The maximum Gasteiger partial charge on any atom is 0.183 e. The van der Waals surface area contributed by atoms with Crippen LogP contribution in [0.15, 0.2) is 29.9 Å². The molecule has 0 aliphatic carbocycles. The first kappa shape index (κ1) is 15.0. The van der Waals surface area contributed by atoms with Crippen LogP contribution < -0.4 is 10.1 Å². The number of anilines is 1. The third-order valence-electron chi connectivity index (χ3n) is 3.25. The Kier molecular flexibility index (Phi) is 4.40. The van der Waals surface area contributed by atoms with Crippen LogP contribution in [0.1, 0.15) is 5.56 Å². The van der Waals surface area contributed by atoms with Crippen LogP contribution in [0.25, 0.3) is 10.1 Å². The van der Waals surface area contributed by atoms with Gasteiger partial charge in [0.1, 0.15) is 17.3 Å². The lowest BCUT2D eigenvalue weighted by molar-refractivity contribution is 0.384. The van der Waals surface area contributed by atoms with Crippen molar-refractivity contribution in [2.24, 2.45) is 0 Å². The predicted molar refractivity (Wildman–Crippen MR) is 87.6 cm³/mol. The van der Waals surface area contributed by atoms with Gasteiger partial charge in [0.05, 0.1) is 11.8 Å². The quantitative estimate of drug-likeness (QED) is 0.710. The van der Waals surface area contributed by atoms with Crippen molar-refractivity contribution in [3.63, 3.8) is 0 Å². The number of methoxy groups -OCH3 is 1. The zero-order valence-electron chi connectivity index (χ0n) is 11.8. The Labute approximate surface area is 135 Å². The van der Waals surface area contributed by atoms with Gasteiger partial charge < -0.3 is 10.1 Å². The van der Waals surface area contributed by atoms with E-state index in [0.29, 0.717) is 34.4 Å². The Morgan fingerprint density at radius 2 is 2.23 bits per heavy atom. The molecule has 22 heavy (non-hydrogen) atoms. The minimum atomic E-state index is -0.296. The molecule has 0 spiro atoms. The van der Waals surface area contributed by atoms with E-state index >= 15 is 0 Å². The molecule has 0 unspecified atom stereocenters. The first-order valence-corrected chi connectivity index (χ1v) is 7.89. The van der Waals surface area contributed by atoms with Gasteiger partial charge in [-0.15, -0.1) is 11.3 Å². The summed E-state index contributed by atoms with van der Waals surface area (Å²) in [6.45, 7) is 0.582. The number of hydrogen-bond acceptors (Lipinski definition) is 5. The summed E-state index contributed by atoms with van der Waals surface area (Å²) in [5.74, 6) is 0.642. The number of rotatable bonds is 5. The van der Waals surface area contributed by atoms with E-state index in [1.165, 1.54) is 24.8 Å². The van der Waals surface area contributed by atoms with Crippen LogP contribution in [0, 0.1) is 5.82 Å². The molecule has 0 amide bonds. The van der Waals surface area contributed by atoms with Crippen molar-refractivity contribution in [1.29, 1.82) is 0 Å². The molecular weight excluding hydrogens is 325 g/mol. The number of nitrogens with one attached hydrogen (secondary N) is 1. The topological polar surface area (TPSA) is 47.0 Å². The van der Waals surface area contributed by atoms with Crippen LogP contribution in [-0.4, -0.2) is 23.6 Å². The van der Waals surface area contributed by atoms with Crippen molar-refractivity contribution in [3.05, 3.63) is 46.4 Å². The molecule has 7 heteroatoms. The normalized spacial score (nSPS) is 10.9. The number of ether oxygens (including phenoxy) is 1. The molecule has 1 N–H and O–H groups in total. The zero-order valence-corrected chi connectivity index (χ0v) is 13.3. The second-order valence-electron chi connectivity index (χ2n) is 4.62. The van der Waals surface area contributed by atoms with Crippen molar-refractivity contribution in [3.8, 4) is 5.75 Å². The molecule has 2 aromatic heterocycles. The molecule has 1 aromatic carbocycles. The average molecular weight is 338 g/mol. The summed E-state index contributed by atoms with van der Waals surface area (Å²) in [6, 6.07) is 5.51. The van der Waals surface area contributed by atoms with Crippen molar-refractivity contribution in [1.82, 2.24) is 9.97 Å². The van der Waals surface area contributed by atoms with Gasteiger partial charge in [-0.1, -0.05) is 11.6 Å². The van der Waals surface area contributed by atoms with Gasteiger partial charge in [0.2, 0.25) is 0 Å². The fraction of sp³-hybridized carbons (Fsp3) is 0.200. The first-order valence-electron chi connectivity index (χ1n) is 6.63. The maximum absolute atomic E-state index is 14.4. The van der Waals surface area contributed by atoms with Gasteiger partial charge >= 0.3 is 0 Å². The molecule has 3 aromatic rings. The minimum Gasteiger partial charge on any atom is -0.493 e. The molecule has 0 aliphatic heterocycles. The van der Waals surface area contributed by atoms with Crippen LogP contribution in [-0.2, 0) is 6.42 Å². The number of aromatic nitrogens is 2. The highest BCUT2D eigenvalue weighted by Crippen LogP contribution is 2.34. The van der Waals surface area contributed by atoms with Crippen molar-refractivity contribution < 1.29 is 9.13 Å². The second kappa shape index (κ2) is 6.46. The molecular formula is C15H13ClFN3OS. The van der Waals surface area contributed by atoms with Gasteiger partial charge in [0.15, 0.2) is 11.6 Å². The van der Waals surface area contributed by atoms with E-state index in [0.717, 1.165) is 10.9 Å². The Hall–Kier alpha value is -1.92. The number of halogens is 2. The molecule has 0 saturated heterocycles. The Bertz CT molecular complexity index is 809. The monoisotopic (exact) mass is 337 g/mol. The van der Waals surface area contributed by atoms with Gasteiger partial charge in [-0.25, -0.2) is 14.4 Å². The van der Waals surface area contributed by atoms with Crippen LogP contribution in [0.3, 0.4) is 0 Å². The lowest BCUT2D eigenvalue weighted by Gasteiger charge is -2.11. The molecule has 4 nitrogen and oxygen atoms in total. The number of nitrogens with zero attached hydrogens (tertiary/aromatic N) is 2. The van der Waals surface area contributed by atoms with E-state index in [4.69, 9.17) is 16.3 Å². The first-order chi connectivity index (χ1) is 10.7. The van der Waals surface area contributed by atoms with Gasteiger partial charge in [0.25, 0.3) is 0 Å². The van der Waals surface area contributed by atoms with Crippen LogP contribution in [0.4, 0.5) is 10.2 Å². The SMILES string of the molecule is COc1c(CCNc2cc(Cl)ncn2)cc2ccsc2c1F. The lowest BCUT2D eigenvalue weighted by atomic mass is 10.1. The fourth-order valence-electron chi connectivity index (χ4n) is 2.27. The number of hydrogen-bond donors (Lipinski definition) is 1. The molecule has 0 radical (unpaired) electrons. The van der Waals surface area contributed by atoms with E-state index in [9.17, 15) is 4.39 Å². The number of benzene rings is 1. The molecule has 0 atom stereocenters. The van der Waals surface area contributed by atoms with Gasteiger partial charge in [-0.2, -0.15) is 0 Å². The van der Waals surface area contributed by atoms with Crippen LogP contribution in [0.2, 0.25) is 5.15 Å². The summed E-state index contributed by atoms with van der Waals surface area (Å²) in [5.41, 5.74) is 0.818. The summed E-state index contributed by atoms with van der Waals surface area (Å²) in [4.78, 5) is 7.88. The number of fused-ring (bicyclic) bond motifs is 1. The van der Waals surface area contributed by atoms with Gasteiger partial charge in [0, 0.05) is 12.6 Å². The van der Waals surface area contributed by atoms with Crippen molar-refractivity contribution in [2.45, 2.75) is 6.42 Å². The van der Waals surface area contributed by atoms with E-state index in [2.05, 4.69) is 15.3 Å². The molecule has 2 heterocycles. The molecule has 0 bridgehead atoms. The standard InChI is InChI=1S/C15H13ClFN3OS/c1-21-14-9(6-10-3-5-22-15(10)13(14)17)2-4-18-12-7-11(16)19-8-20-12/h3,5-8H,2,4H2,1H3,(H,18,19,20). The minimum absolute atomic E-state index is 0.296. The zero-order chi connectivity index (χ0) is 15.5. The van der Waals surface area contributed by atoms with Gasteiger partial charge in [-0.05, 0) is 34.9 Å². The fourth-order valence-corrected chi connectivity index (χ4v) is 3.23. The number of thiophene rings is 1. The summed E-state index contributed by atoms with van der Waals surface area (Å²) < 4.78 is 20.2. The smallest absolute Gasteiger partial charge is 0.183 e. The van der Waals surface area contributed by atoms with Gasteiger partial charge in [-0.3, -0.25) is 0 Å². The third kappa shape index (κ3) is 2.98. The Morgan fingerprint density at radius 3 is 3.00 bits per heavy atom. The summed E-state index contributed by atoms with van der Waals surface area (Å²) in [6.07, 6.45) is 2.00. The van der Waals surface area contributed by atoms with Crippen molar-refractivity contribution in [2.75, 3.05) is 19.0 Å². The van der Waals surface area contributed by atoms with E-state index in [1.807, 2.05) is 17.5 Å². The third-order valence-corrected chi connectivity index (χ3v) is 4.38. The summed E-state index contributed by atoms with van der Waals surface area (Å²) >= 11 is 7.17. The van der Waals surface area contributed by atoms with E-state index in [-0.39, 0.29) is 5.82 Å². The molecule has 0 fully saturated rings. The van der Waals surface area contributed by atoms with E-state index in [1.54, 1.807) is 6.07 Å². The highest BCUT2D eigenvalue weighted by molar-refractivity contribution is 7.17. The molecule has 3 rings (SSSR count). The molecule has 0 saturated carbocycles. The Morgan fingerprint density at radius 1 is 1.36 bits per heavy atom. The summed E-state index contributed by atoms with van der Waals surface area (Å²) in [7, 11) is 1.49. The highest BCUT2D eigenvalue weighted by atomic mass is 35.5. The lowest BCUT2D eigenvalue weighted by Crippen LogP contribution is -2.08. The molecule has 114 valence electrons. The van der Waals surface area contributed by atoms with E-state index < -0.39 is 0 Å². The predicted octanol–water partition coefficient (Wildman–Crippen LogP) is 4.15. The summed E-state index contributed by atoms with van der Waals surface area (Å²) in [5, 5.41) is 6.28. The largest absolute Gasteiger partial charge is 0.493 e. The van der Waals surface area contributed by atoms with Crippen molar-refractivity contribution >= 4 is 38.8 Å². The average Bonchev–Trinajstić information content (AvgIpc) is 2.96. The van der Waals surface area contributed by atoms with Crippen LogP contribution >= 0.6 is 22.9 Å². The Balaban J connectivity index is 1.78. The highest BCUT2D eigenvalue weighted by Gasteiger charge is 2.14. The molecule has 0 aliphatic rings. The second-order valence-corrected chi connectivity index (χ2v) is 5.93. The maximum atomic E-state index is 14.4. The van der Waals surface area contributed by atoms with Crippen LogP contribution in [0.5, 0.6) is 5.75 Å².